The zero-order valence-electron chi connectivity index (χ0n) is 10.5. The van der Waals surface area contributed by atoms with Crippen molar-refractivity contribution in [1.29, 1.82) is 0 Å². The Hall–Kier alpha value is -1.36. The number of anilines is 1. The van der Waals surface area contributed by atoms with Gasteiger partial charge in [-0.1, -0.05) is 25.4 Å². The summed E-state index contributed by atoms with van der Waals surface area (Å²) in [7, 11) is 0. The molecule has 1 aliphatic rings. The topological polar surface area (TPSA) is 55.1 Å². The Morgan fingerprint density at radius 3 is 2.94 bits per heavy atom. The van der Waals surface area contributed by atoms with Crippen LogP contribution in [0.2, 0.25) is 5.15 Å². The van der Waals surface area contributed by atoms with Crippen LogP contribution in [0.15, 0.2) is 12.4 Å². The highest BCUT2D eigenvalue weighted by Gasteiger charge is 2.30. The van der Waals surface area contributed by atoms with Crippen molar-refractivity contribution in [3.05, 3.63) is 17.5 Å². The number of nitrogens with zero attached hydrogens (tertiary/aromatic N) is 4. The van der Waals surface area contributed by atoms with E-state index in [0.717, 1.165) is 11.7 Å². The standard InChI is InChI=1S/C12H16ClN5/c1-7-3-4-9(8(7)2)16-11-5-10(13)17-12-14-6-15-18(11)12/h5-9,16H,3-4H2,1-2H3. The SMILES string of the molecule is CC1CCC(Nc2cc(Cl)nc3ncnn23)C1C. The summed E-state index contributed by atoms with van der Waals surface area (Å²) in [5.41, 5.74) is 0. The lowest BCUT2D eigenvalue weighted by molar-refractivity contribution is 0.434. The van der Waals surface area contributed by atoms with Crippen LogP contribution in [0, 0.1) is 11.8 Å². The highest BCUT2D eigenvalue weighted by Crippen LogP contribution is 2.33. The fraction of sp³-hybridized carbons (Fsp3) is 0.583. The molecule has 2 aromatic rings. The van der Waals surface area contributed by atoms with Gasteiger partial charge < -0.3 is 5.32 Å². The molecule has 0 amide bonds. The molecule has 1 N–H and O–H groups in total. The summed E-state index contributed by atoms with van der Waals surface area (Å²) < 4.78 is 1.70. The molecule has 3 unspecified atom stereocenters. The van der Waals surface area contributed by atoms with E-state index in [0.29, 0.717) is 22.9 Å². The molecular weight excluding hydrogens is 250 g/mol. The number of halogens is 1. The van der Waals surface area contributed by atoms with Crippen molar-refractivity contribution in [2.24, 2.45) is 11.8 Å². The van der Waals surface area contributed by atoms with Crippen molar-refractivity contribution in [2.45, 2.75) is 32.7 Å². The molecule has 0 bridgehead atoms. The van der Waals surface area contributed by atoms with Gasteiger partial charge in [-0.3, -0.25) is 0 Å². The first-order valence-corrected chi connectivity index (χ1v) is 6.66. The molecule has 1 fully saturated rings. The third-order valence-corrected chi connectivity index (χ3v) is 4.21. The maximum Gasteiger partial charge on any atom is 0.255 e. The van der Waals surface area contributed by atoms with Gasteiger partial charge in [0.05, 0.1) is 0 Å². The Kier molecular flexibility index (Phi) is 2.86. The van der Waals surface area contributed by atoms with E-state index in [9.17, 15) is 0 Å². The van der Waals surface area contributed by atoms with E-state index in [4.69, 9.17) is 11.6 Å². The number of aromatic nitrogens is 4. The fourth-order valence-corrected chi connectivity index (χ4v) is 2.82. The van der Waals surface area contributed by atoms with Crippen molar-refractivity contribution >= 4 is 23.2 Å². The second kappa shape index (κ2) is 4.39. The third kappa shape index (κ3) is 1.92. The molecule has 6 heteroatoms. The van der Waals surface area contributed by atoms with Gasteiger partial charge in [0.1, 0.15) is 17.3 Å². The van der Waals surface area contributed by atoms with Crippen LogP contribution >= 0.6 is 11.6 Å². The lowest BCUT2D eigenvalue weighted by Crippen LogP contribution is -2.25. The lowest BCUT2D eigenvalue weighted by atomic mass is 9.98. The van der Waals surface area contributed by atoms with E-state index in [1.54, 1.807) is 10.6 Å². The summed E-state index contributed by atoms with van der Waals surface area (Å²) in [5, 5.41) is 8.14. The third-order valence-electron chi connectivity index (χ3n) is 4.02. The molecule has 18 heavy (non-hydrogen) atoms. The molecular formula is C12H16ClN5. The van der Waals surface area contributed by atoms with E-state index in [1.165, 1.54) is 19.2 Å². The van der Waals surface area contributed by atoms with Gasteiger partial charge in [0.25, 0.3) is 5.78 Å². The lowest BCUT2D eigenvalue weighted by Gasteiger charge is -2.21. The number of nitrogens with one attached hydrogen (secondary N) is 1. The highest BCUT2D eigenvalue weighted by atomic mass is 35.5. The van der Waals surface area contributed by atoms with Crippen LogP contribution in [0.25, 0.3) is 5.78 Å². The molecule has 1 saturated carbocycles. The van der Waals surface area contributed by atoms with Crippen molar-refractivity contribution < 1.29 is 0 Å². The molecule has 5 nitrogen and oxygen atoms in total. The minimum Gasteiger partial charge on any atom is -0.367 e. The Balaban J connectivity index is 1.92. The predicted octanol–water partition coefficient (Wildman–Crippen LogP) is 2.62. The number of hydrogen-bond donors (Lipinski definition) is 1. The average Bonchev–Trinajstić information content (AvgIpc) is 2.90. The van der Waals surface area contributed by atoms with E-state index in [2.05, 4.69) is 34.2 Å². The van der Waals surface area contributed by atoms with Crippen LogP contribution in [0.5, 0.6) is 0 Å². The van der Waals surface area contributed by atoms with Gasteiger partial charge in [0.15, 0.2) is 0 Å². The molecule has 0 aliphatic heterocycles. The molecule has 0 saturated heterocycles. The Labute approximate surface area is 111 Å². The summed E-state index contributed by atoms with van der Waals surface area (Å²) >= 11 is 6.00. The first-order valence-electron chi connectivity index (χ1n) is 6.28. The summed E-state index contributed by atoms with van der Waals surface area (Å²) in [6, 6.07) is 2.27. The van der Waals surface area contributed by atoms with Crippen LogP contribution in [-0.4, -0.2) is 25.6 Å². The first kappa shape index (κ1) is 11.7. The van der Waals surface area contributed by atoms with Crippen molar-refractivity contribution in [3.63, 3.8) is 0 Å². The number of hydrogen-bond acceptors (Lipinski definition) is 4. The summed E-state index contributed by atoms with van der Waals surface area (Å²) in [6.07, 6.45) is 3.93. The van der Waals surface area contributed by atoms with Crippen molar-refractivity contribution in [2.75, 3.05) is 5.32 Å². The monoisotopic (exact) mass is 265 g/mol. The summed E-state index contributed by atoms with van der Waals surface area (Å²) in [4.78, 5) is 8.18. The molecule has 96 valence electrons. The summed E-state index contributed by atoms with van der Waals surface area (Å²) in [6.45, 7) is 4.59. The smallest absolute Gasteiger partial charge is 0.255 e. The van der Waals surface area contributed by atoms with Gasteiger partial charge >= 0.3 is 0 Å². The molecule has 0 radical (unpaired) electrons. The maximum absolute atomic E-state index is 6.00. The highest BCUT2D eigenvalue weighted by molar-refractivity contribution is 6.29. The predicted molar refractivity (Wildman–Crippen MR) is 70.8 cm³/mol. The minimum atomic E-state index is 0.441. The molecule has 2 heterocycles. The Morgan fingerprint density at radius 2 is 2.22 bits per heavy atom. The van der Waals surface area contributed by atoms with E-state index in [1.807, 2.05) is 0 Å². The zero-order valence-corrected chi connectivity index (χ0v) is 11.2. The quantitative estimate of drug-likeness (QED) is 0.848. The minimum absolute atomic E-state index is 0.441. The van der Waals surface area contributed by atoms with Crippen LogP contribution in [0.4, 0.5) is 5.82 Å². The van der Waals surface area contributed by atoms with Gasteiger partial charge in [-0.05, 0) is 24.7 Å². The maximum atomic E-state index is 6.00. The van der Waals surface area contributed by atoms with E-state index < -0.39 is 0 Å². The fourth-order valence-electron chi connectivity index (χ4n) is 2.64. The molecule has 3 atom stereocenters. The van der Waals surface area contributed by atoms with Crippen molar-refractivity contribution in [1.82, 2.24) is 19.6 Å². The van der Waals surface area contributed by atoms with E-state index >= 15 is 0 Å². The second-order valence-electron chi connectivity index (χ2n) is 5.10. The first-order chi connectivity index (χ1) is 8.65. The van der Waals surface area contributed by atoms with Gasteiger partial charge in [-0.25, -0.2) is 0 Å². The van der Waals surface area contributed by atoms with Crippen LogP contribution in [-0.2, 0) is 0 Å². The van der Waals surface area contributed by atoms with E-state index in [-0.39, 0.29) is 0 Å². The van der Waals surface area contributed by atoms with Gasteiger partial charge in [-0.15, -0.1) is 0 Å². The average molecular weight is 266 g/mol. The largest absolute Gasteiger partial charge is 0.367 e. The van der Waals surface area contributed by atoms with Gasteiger partial charge in [0.2, 0.25) is 0 Å². The van der Waals surface area contributed by atoms with Gasteiger partial charge in [0, 0.05) is 12.1 Å². The Morgan fingerprint density at radius 1 is 1.39 bits per heavy atom. The Bertz CT molecular complexity index is 567. The van der Waals surface area contributed by atoms with Gasteiger partial charge in [-0.2, -0.15) is 19.6 Å². The number of fused-ring (bicyclic) bond motifs is 1. The second-order valence-corrected chi connectivity index (χ2v) is 5.49. The van der Waals surface area contributed by atoms with Crippen LogP contribution < -0.4 is 5.32 Å². The normalized spacial score (nSPS) is 27.8. The molecule has 3 rings (SSSR count). The van der Waals surface area contributed by atoms with Crippen molar-refractivity contribution in [3.8, 4) is 0 Å². The molecule has 0 aromatic carbocycles. The molecule has 1 aliphatic carbocycles. The molecule has 0 spiro atoms. The summed E-state index contributed by atoms with van der Waals surface area (Å²) in [5.74, 6) is 2.80. The molecule has 2 aromatic heterocycles. The number of rotatable bonds is 2. The van der Waals surface area contributed by atoms with Crippen LogP contribution in [0.3, 0.4) is 0 Å². The zero-order chi connectivity index (χ0) is 12.7. The van der Waals surface area contributed by atoms with Crippen LogP contribution in [0.1, 0.15) is 26.7 Å².